The lowest BCUT2D eigenvalue weighted by molar-refractivity contribution is 0.184. The van der Waals surface area contributed by atoms with E-state index in [0.717, 1.165) is 24.3 Å². The number of hydrogen-bond donors (Lipinski definition) is 1. The molecule has 0 bridgehead atoms. The van der Waals surface area contributed by atoms with Crippen LogP contribution in [0.5, 0.6) is 5.75 Å². The highest BCUT2D eigenvalue weighted by atomic mass is 16.5. The van der Waals surface area contributed by atoms with Gasteiger partial charge in [-0.3, -0.25) is 4.98 Å². The number of aromatic nitrogens is 1. The first-order valence-electron chi connectivity index (χ1n) is 4.39. The first kappa shape index (κ1) is 9.99. The lowest BCUT2D eigenvalue weighted by Crippen LogP contribution is -2.02. The van der Waals surface area contributed by atoms with Gasteiger partial charge >= 0.3 is 0 Å². The van der Waals surface area contributed by atoms with Crippen LogP contribution >= 0.6 is 0 Å². The van der Waals surface area contributed by atoms with Gasteiger partial charge in [-0.15, -0.1) is 0 Å². The van der Waals surface area contributed by atoms with Gasteiger partial charge in [-0.25, -0.2) is 0 Å². The van der Waals surface area contributed by atoms with E-state index in [1.807, 2.05) is 12.1 Å². The van der Waals surface area contributed by atoms with Crippen LogP contribution in [0.25, 0.3) is 0 Å². The minimum Gasteiger partial charge on any atom is -0.497 e. The second-order valence-corrected chi connectivity index (χ2v) is 3.07. The van der Waals surface area contributed by atoms with Gasteiger partial charge in [0.1, 0.15) is 5.75 Å². The zero-order chi connectivity index (χ0) is 9.68. The minimum absolute atomic E-state index is 0.270. The number of aliphatic hydroxyl groups is 1. The van der Waals surface area contributed by atoms with E-state index in [2.05, 4.69) is 4.98 Å². The van der Waals surface area contributed by atoms with Crippen molar-refractivity contribution in [3.63, 3.8) is 0 Å². The molecule has 1 rings (SSSR count). The van der Waals surface area contributed by atoms with E-state index < -0.39 is 0 Å². The van der Waals surface area contributed by atoms with Crippen LogP contribution in [0.3, 0.4) is 0 Å². The minimum atomic E-state index is -0.270. The van der Waals surface area contributed by atoms with Gasteiger partial charge in [0, 0.05) is 18.0 Å². The Hall–Kier alpha value is -1.09. The summed E-state index contributed by atoms with van der Waals surface area (Å²) in [5.74, 6) is 0.815. The van der Waals surface area contributed by atoms with Crippen LogP contribution in [0.4, 0.5) is 0 Å². The summed E-state index contributed by atoms with van der Waals surface area (Å²) in [6, 6.07) is 3.70. The number of rotatable bonds is 4. The van der Waals surface area contributed by atoms with Crippen LogP contribution in [0, 0.1) is 0 Å². The van der Waals surface area contributed by atoms with Crippen molar-refractivity contribution < 1.29 is 9.84 Å². The molecule has 1 unspecified atom stereocenters. The molecule has 1 aromatic rings. The van der Waals surface area contributed by atoms with Gasteiger partial charge in [0.05, 0.1) is 13.2 Å². The van der Waals surface area contributed by atoms with Gasteiger partial charge in [0.2, 0.25) is 0 Å². The summed E-state index contributed by atoms with van der Waals surface area (Å²) in [7, 11) is 1.63. The third-order valence-electron chi connectivity index (χ3n) is 1.84. The van der Waals surface area contributed by atoms with E-state index in [1.165, 1.54) is 0 Å². The molecule has 0 aliphatic rings. The molecule has 0 amide bonds. The summed E-state index contributed by atoms with van der Waals surface area (Å²) >= 11 is 0. The molecule has 0 aliphatic carbocycles. The Morgan fingerprint density at radius 3 is 3.00 bits per heavy atom. The normalized spacial score (nSPS) is 12.5. The van der Waals surface area contributed by atoms with Gasteiger partial charge in [-0.05, 0) is 25.8 Å². The molecule has 0 fully saturated rings. The van der Waals surface area contributed by atoms with Crippen molar-refractivity contribution in [2.45, 2.75) is 25.9 Å². The van der Waals surface area contributed by atoms with E-state index in [9.17, 15) is 0 Å². The standard InChI is InChI=1S/C10H15NO2/c1-8(12)3-4-9-7-10(13-2)5-6-11-9/h5-8,12H,3-4H2,1-2H3. The van der Waals surface area contributed by atoms with Crippen molar-refractivity contribution in [2.75, 3.05) is 7.11 Å². The van der Waals surface area contributed by atoms with Crippen molar-refractivity contribution in [1.29, 1.82) is 0 Å². The Morgan fingerprint density at radius 2 is 2.38 bits per heavy atom. The summed E-state index contributed by atoms with van der Waals surface area (Å²) < 4.78 is 5.06. The number of ether oxygens (including phenoxy) is 1. The molecule has 0 saturated heterocycles. The Balaban J connectivity index is 2.56. The number of nitrogens with zero attached hydrogens (tertiary/aromatic N) is 1. The van der Waals surface area contributed by atoms with Crippen LogP contribution in [0.2, 0.25) is 0 Å². The molecule has 0 spiro atoms. The lowest BCUT2D eigenvalue weighted by atomic mass is 10.1. The van der Waals surface area contributed by atoms with Gasteiger partial charge < -0.3 is 9.84 Å². The molecule has 1 aromatic heterocycles. The van der Waals surface area contributed by atoms with Crippen LogP contribution in [-0.2, 0) is 6.42 Å². The van der Waals surface area contributed by atoms with E-state index in [4.69, 9.17) is 9.84 Å². The summed E-state index contributed by atoms with van der Waals surface area (Å²) in [6.07, 6.45) is 2.97. The van der Waals surface area contributed by atoms with Crippen LogP contribution in [0.15, 0.2) is 18.3 Å². The number of aryl methyl sites for hydroxylation is 1. The molecule has 0 aromatic carbocycles. The van der Waals surface area contributed by atoms with Crippen LogP contribution < -0.4 is 4.74 Å². The van der Waals surface area contributed by atoms with Crippen LogP contribution in [0.1, 0.15) is 19.0 Å². The Bertz CT molecular complexity index is 261. The maximum Gasteiger partial charge on any atom is 0.122 e. The van der Waals surface area contributed by atoms with Crippen LogP contribution in [-0.4, -0.2) is 23.3 Å². The SMILES string of the molecule is COc1ccnc(CCC(C)O)c1. The predicted molar refractivity (Wildman–Crippen MR) is 50.8 cm³/mol. The second kappa shape index (κ2) is 4.82. The number of aliphatic hydroxyl groups excluding tert-OH is 1. The van der Waals surface area contributed by atoms with Crippen molar-refractivity contribution in [3.8, 4) is 5.75 Å². The van der Waals surface area contributed by atoms with Crippen molar-refractivity contribution in [1.82, 2.24) is 4.98 Å². The fraction of sp³-hybridized carbons (Fsp3) is 0.500. The highest BCUT2D eigenvalue weighted by Gasteiger charge is 2.00. The first-order chi connectivity index (χ1) is 6.22. The van der Waals surface area contributed by atoms with Gasteiger partial charge in [-0.2, -0.15) is 0 Å². The molecule has 13 heavy (non-hydrogen) atoms. The number of hydrogen-bond acceptors (Lipinski definition) is 3. The van der Waals surface area contributed by atoms with E-state index >= 15 is 0 Å². The lowest BCUT2D eigenvalue weighted by Gasteiger charge is -2.04. The van der Waals surface area contributed by atoms with Crippen molar-refractivity contribution >= 4 is 0 Å². The Morgan fingerprint density at radius 1 is 1.62 bits per heavy atom. The fourth-order valence-corrected chi connectivity index (χ4v) is 1.08. The molecule has 3 nitrogen and oxygen atoms in total. The largest absolute Gasteiger partial charge is 0.497 e. The van der Waals surface area contributed by atoms with Gasteiger partial charge in [-0.1, -0.05) is 0 Å². The zero-order valence-corrected chi connectivity index (χ0v) is 8.03. The molecular weight excluding hydrogens is 166 g/mol. The Kier molecular flexibility index (Phi) is 3.71. The van der Waals surface area contributed by atoms with Gasteiger partial charge in [0.15, 0.2) is 0 Å². The third-order valence-corrected chi connectivity index (χ3v) is 1.84. The zero-order valence-electron chi connectivity index (χ0n) is 8.03. The molecule has 0 radical (unpaired) electrons. The highest BCUT2D eigenvalue weighted by molar-refractivity contribution is 5.22. The predicted octanol–water partition coefficient (Wildman–Crippen LogP) is 1.40. The van der Waals surface area contributed by atoms with E-state index in [-0.39, 0.29) is 6.10 Å². The van der Waals surface area contributed by atoms with Gasteiger partial charge in [0.25, 0.3) is 0 Å². The van der Waals surface area contributed by atoms with E-state index in [0.29, 0.717) is 0 Å². The smallest absolute Gasteiger partial charge is 0.122 e. The molecule has 72 valence electrons. The number of methoxy groups -OCH3 is 1. The molecule has 3 heteroatoms. The molecule has 1 heterocycles. The monoisotopic (exact) mass is 181 g/mol. The summed E-state index contributed by atoms with van der Waals surface area (Å²) in [6.45, 7) is 1.78. The maximum atomic E-state index is 9.08. The quantitative estimate of drug-likeness (QED) is 0.763. The molecular formula is C10H15NO2. The number of pyridine rings is 1. The van der Waals surface area contributed by atoms with Crippen molar-refractivity contribution in [3.05, 3.63) is 24.0 Å². The second-order valence-electron chi connectivity index (χ2n) is 3.07. The molecule has 1 N–H and O–H groups in total. The fourth-order valence-electron chi connectivity index (χ4n) is 1.08. The molecule has 1 atom stereocenters. The molecule has 0 saturated carbocycles. The first-order valence-corrected chi connectivity index (χ1v) is 4.39. The van der Waals surface area contributed by atoms with Crippen molar-refractivity contribution in [2.24, 2.45) is 0 Å². The summed E-state index contributed by atoms with van der Waals surface area (Å²) in [5, 5.41) is 9.08. The summed E-state index contributed by atoms with van der Waals surface area (Å²) in [5.41, 5.74) is 0.959. The topological polar surface area (TPSA) is 42.4 Å². The average molecular weight is 181 g/mol. The average Bonchev–Trinajstić information content (AvgIpc) is 2.15. The molecule has 0 aliphatic heterocycles. The van der Waals surface area contributed by atoms with E-state index in [1.54, 1.807) is 20.2 Å². The Labute approximate surface area is 78.4 Å². The third kappa shape index (κ3) is 3.42. The maximum absolute atomic E-state index is 9.08. The highest BCUT2D eigenvalue weighted by Crippen LogP contribution is 2.11. The summed E-state index contributed by atoms with van der Waals surface area (Å²) in [4.78, 5) is 4.17.